The largest absolute Gasteiger partial charge is 0.322 e. The average Bonchev–Trinajstić information content (AvgIpc) is 2.70. The van der Waals surface area contributed by atoms with E-state index in [1.165, 1.54) is 4.68 Å². The summed E-state index contributed by atoms with van der Waals surface area (Å²) >= 11 is 0. The zero-order valence-electron chi connectivity index (χ0n) is 17.1. The van der Waals surface area contributed by atoms with Gasteiger partial charge in [-0.15, -0.1) is 6.42 Å². The number of fused-ring (bicyclic) bond motifs is 1. The van der Waals surface area contributed by atoms with Crippen LogP contribution in [0.5, 0.6) is 0 Å². The maximum absolute atomic E-state index is 13.4. The van der Waals surface area contributed by atoms with Crippen LogP contribution in [0.3, 0.4) is 0 Å². The van der Waals surface area contributed by atoms with E-state index >= 15 is 0 Å². The van der Waals surface area contributed by atoms with Crippen LogP contribution in [-0.2, 0) is 13.1 Å². The van der Waals surface area contributed by atoms with Crippen LogP contribution >= 0.6 is 0 Å². The summed E-state index contributed by atoms with van der Waals surface area (Å²) in [5.74, 6) is 2.51. The van der Waals surface area contributed by atoms with Crippen LogP contribution in [-0.4, -0.2) is 27.1 Å². The lowest BCUT2D eigenvalue weighted by molar-refractivity contribution is 0.0759. The summed E-state index contributed by atoms with van der Waals surface area (Å²) in [5.41, 5.74) is 2.20. The number of hydrogen-bond donors (Lipinski definition) is 0. The Labute approximate surface area is 171 Å². The normalized spacial score (nSPS) is 10.9. The van der Waals surface area contributed by atoms with Gasteiger partial charge in [0.2, 0.25) is 0 Å². The molecule has 0 fully saturated rings. The van der Waals surface area contributed by atoms with Gasteiger partial charge in [0, 0.05) is 18.5 Å². The SMILES string of the molecule is C#CCN(Cc1ccc(C)cc1)C(=O)c1nn(CC(C)C)c(=O)c2ccccc12. The van der Waals surface area contributed by atoms with Crippen molar-refractivity contribution in [2.45, 2.75) is 33.9 Å². The van der Waals surface area contributed by atoms with Crippen molar-refractivity contribution in [1.29, 1.82) is 0 Å². The van der Waals surface area contributed by atoms with Crippen molar-refractivity contribution in [1.82, 2.24) is 14.7 Å². The predicted octanol–water partition coefficient (Wildman–Crippen LogP) is 3.64. The smallest absolute Gasteiger partial charge is 0.276 e. The maximum Gasteiger partial charge on any atom is 0.276 e. The number of aromatic nitrogens is 2. The van der Waals surface area contributed by atoms with Crippen LogP contribution in [0.4, 0.5) is 0 Å². The minimum atomic E-state index is -0.280. The van der Waals surface area contributed by atoms with E-state index in [0.29, 0.717) is 23.9 Å². The number of terminal acetylenes is 1. The predicted molar refractivity (Wildman–Crippen MR) is 116 cm³/mol. The van der Waals surface area contributed by atoms with Crippen molar-refractivity contribution in [3.63, 3.8) is 0 Å². The Morgan fingerprint density at radius 1 is 1.14 bits per heavy atom. The van der Waals surface area contributed by atoms with Gasteiger partial charge in [0.25, 0.3) is 11.5 Å². The quantitative estimate of drug-likeness (QED) is 0.607. The van der Waals surface area contributed by atoms with Crippen LogP contribution in [0.2, 0.25) is 0 Å². The fourth-order valence-electron chi connectivity index (χ4n) is 3.24. The van der Waals surface area contributed by atoms with Gasteiger partial charge in [0.05, 0.1) is 11.9 Å². The molecule has 0 atom stereocenters. The minimum absolute atomic E-state index is 0.159. The van der Waals surface area contributed by atoms with Gasteiger partial charge < -0.3 is 4.90 Å². The molecule has 0 radical (unpaired) electrons. The highest BCUT2D eigenvalue weighted by Gasteiger charge is 2.22. The Hall–Kier alpha value is -3.39. The van der Waals surface area contributed by atoms with Crippen LogP contribution in [0.1, 0.15) is 35.5 Å². The molecule has 5 nitrogen and oxygen atoms in total. The third-order valence-corrected chi connectivity index (χ3v) is 4.67. The Kier molecular flexibility index (Phi) is 6.13. The number of rotatable bonds is 6. The first-order valence-corrected chi connectivity index (χ1v) is 9.69. The number of aryl methyl sites for hydroxylation is 1. The van der Waals surface area contributed by atoms with Crippen LogP contribution in [0, 0.1) is 25.2 Å². The summed E-state index contributed by atoms with van der Waals surface area (Å²) in [6, 6.07) is 15.1. The van der Waals surface area contributed by atoms with Gasteiger partial charge in [-0.3, -0.25) is 9.59 Å². The van der Waals surface area contributed by atoms with Crippen molar-refractivity contribution < 1.29 is 4.79 Å². The van der Waals surface area contributed by atoms with Gasteiger partial charge in [0.1, 0.15) is 0 Å². The van der Waals surface area contributed by atoms with Crippen LogP contribution in [0.15, 0.2) is 53.3 Å². The molecule has 2 aromatic carbocycles. The Morgan fingerprint density at radius 2 is 1.79 bits per heavy atom. The van der Waals surface area contributed by atoms with E-state index in [2.05, 4.69) is 11.0 Å². The summed E-state index contributed by atoms with van der Waals surface area (Å²) < 4.78 is 1.39. The topological polar surface area (TPSA) is 55.2 Å². The first-order valence-electron chi connectivity index (χ1n) is 9.69. The summed E-state index contributed by atoms with van der Waals surface area (Å²) in [4.78, 5) is 27.8. The molecule has 3 rings (SSSR count). The van der Waals surface area contributed by atoms with Gasteiger partial charge in [0.15, 0.2) is 5.69 Å². The van der Waals surface area contributed by atoms with Crippen molar-refractivity contribution in [3.8, 4) is 12.3 Å². The van der Waals surface area contributed by atoms with Gasteiger partial charge >= 0.3 is 0 Å². The average molecular weight is 387 g/mol. The van der Waals surface area contributed by atoms with E-state index in [1.54, 1.807) is 29.2 Å². The van der Waals surface area contributed by atoms with Crippen molar-refractivity contribution in [3.05, 3.63) is 75.7 Å². The molecule has 0 N–H and O–H groups in total. The molecule has 1 amide bonds. The molecular weight excluding hydrogens is 362 g/mol. The second kappa shape index (κ2) is 8.74. The summed E-state index contributed by atoms with van der Waals surface area (Å²) in [7, 11) is 0. The molecule has 0 saturated carbocycles. The van der Waals surface area contributed by atoms with Crippen molar-refractivity contribution >= 4 is 16.7 Å². The molecule has 0 saturated heterocycles. The Morgan fingerprint density at radius 3 is 2.41 bits per heavy atom. The summed E-state index contributed by atoms with van der Waals surface area (Å²) in [6.45, 7) is 7.01. The molecule has 0 aliphatic rings. The zero-order valence-corrected chi connectivity index (χ0v) is 17.1. The highest BCUT2D eigenvalue weighted by molar-refractivity contribution is 6.04. The fourth-order valence-corrected chi connectivity index (χ4v) is 3.24. The summed E-state index contributed by atoms with van der Waals surface area (Å²) in [6.07, 6.45) is 5.54. The molecule has 5 heteroatoms. The molecule has 3 aromatic rings. The first-order chi connectivity index (χ1) is 13.9. The first kappa shape index (κ1) is 20.3. The number of amides is 1. The molecule has 1 aromatic heterocycles. The second-order valence-corrected chi connectivity index (χ2v) is 7.63. The van der Waals surface area contributed by atoms with E-state index < -0.39 is 0 Å². The minimum Gasteiger partial charge on any atom is -0.322 e. The molecule has 0 unspecified atom stereocenters. The van der Waals surface area contributed by atoms with E-state index in [1.807, 2.05) is 45.0 Å². The van der Waals surface area contributed by atoms with Crippen molar-refractivity contribution in [2.75, 3.05) is 6.54 Å². The van der Waals surface area contributed by atoms with Crippen LogP contribution < -0.4 is 5.56 Å². The molecule has 0 spiro atoms. The molecule has 1 heterocycles. The standard InChI is InChI=1S/C24H25N3O2/c1-5-14-26(16-19-12-10-18(4)11-13-19)24(29)22-20-8-6-7-9-21(20)23(28)27(25-22)15-17(2)3/h1,6-13,17H,14-16H2,2-4H3. The number of hydrogen-bond acceptors (Lipinski definition) is 3. The third kappa shape index (κ3) is 4.55. The summed E-state index contributed by atoms with van der Waals surface area (Å²) in [5, 5.41) is 5.48. The number of benzene rings is 2. The number of carbonyl (C=O) groups excluding carboxylic acids is 1. The third-order valence-electron chi connectivity index (χ3n) is 4.67. The molecule has 148 valence electrons. The fraction of sp³-hybridized carbons (Fsp3) is 0.292. The zero-order chi connectivity index (χ0) is 21.0. The van der Waals surface area contributed by atoms with Gasteiger partial charge in [-0.2, -0.15) is 5.10 Å². The van der Waals surface area contributed by atoms with Gasteiger partial charge in [-0.1, -0.05) is 67.8 Å². The molecular formula is C24H25N3O2. The molecule has 0 bridgehead atoms. The maximum atomic E-state index is 13.4. The highest BCUT2D eigenvalue weighted by atomic mass is 16.2. The molecule has 0 aliphatic heterocycles. The lowest BCUT2D eigenvalue weighted by Crippen LogP contribution is -2.35. The molecule has 29 heavy (non-hydrogen) atoms. The van der Waals surface area contributed by atoms with E-state index in [4.69, 9.17) is 6.42 Å². The Balaban J connectivity index is 2.07. The van der Waals surface area contributed by atoms with Gasteiger partial charge in [-0.25, -0.2) is 4.68 Å². The number of nitrogens with zero attached hydrogens (tertiary/aromatic N) is 3. The van der Waals surface area contributed by atoms with Crippen molar-refractivity contribution in [2.24, 2.45) is 5.92 Å². The van der Waals surface area contributed by atoms with E-state index in [-0.39, 0.29) is 29.6 Å². The monoisotopic (exact) mass is 387 g/mol. The highest BCUT2D eigenvalue weighted by Crippen LogP contribution is 2.17. The number of carbonyl (C=O) groups is 1. The Bertz CT molecular complexity index is 1120. The van der Waals surface area contributed by atoms with Gasteiger partial charge in [-0.05, 0) is 24.5 Å². The second-order valence-electron chi connectivity index (χ2n) is 7.63. The lowest BCUT2D eigenvalue weighted by Gasteiger charge is -2.21. The van der Waals surface area contributed by atoms with Crippen LogP contribution in [0.25, 0.3) is 10.8 Å². The lowest BCUT2D eigenvalue weighted by atomic mass is 10.1. The van der Waals surface area contributed by atoms with E-state index in [0.717, 1.165) is 11.1 Å². The molecule has 0 aliphatic carbocycles. The van der Waals surface area contributed by atoms with E-state index in [9.17, 15) is 9.59 Å².